The summed E-state index contributed by atoms with van der Waals surface area (Å²) in [6.45, 7) is 3.14. The summed E-state index contributed by atoms with van der Waals surface area (Å²) in [6, 6.07) is 10.1. The monoisotopic (exact) mass is 368 g/mol. The van der Waals surface area contributed by atoms with E-state index in [0.29, 0.717) is 12.2 Å². The van der Waals surface area contributed by atoms with E-state index in [-0.39, 0.29) is 18.6 Å². The molecule has 2 heterocycles. The average Bonchev–Trinajstić information content (AvgIpc) is 3.13. The van der Waals surface area contributed by atoms with Crippen LogP contribution in [0.1, 0.15) is 37.4 Å². The Morgan fingerprint density at radius 3 is 2.85 bits per heavy atom. The average molecular weight is 368 g/mol. The first-order chi connectivity index (χ1) is 13.1. The van der Waals surface area contributed by atoms with Gasteiger partial charge in [-0.2, -0.15) is 0 Å². The zero-order valence-electron chi connectivity index (χ0n) is 15.5. The van der Waals surface area contributed by atoms with Crippen molar-refractivity contribution in [3.63, 3.8) is 0 Å². The van der Waals surface area contributed by atoms with Gasteiger partial charge in [-0.05, 0) is 37.8 Å². The second kappa shape index (κ2) is 9.12. The van der Waals surface area contributed by atoms with Crippen molar-refractivity contribution in [2.75, 3.05) is 13.2 Å². The Kier molecular flexibility index (Phi) is 6.35. The fraction of sp³-hybridized carbons (Fsp3) is 0.400. The zero-order chi connectivity index (χ0) is 19.1. The number of hydrogen-bond donors (Lipinski definition) is 0. The first kappa shape index (κ1) is 18.8. The first-order valence-corrected chi connectivity index (χ1v) is 9.20. The third-order valence-electron chi connectivity index (χ3n) is 4.60. The van der Waals surface area contributed by atoms with E-state index in [9.17, 15) is 9.59 Å². The molecule has 3 rings (SSSR count). The number of esters is 1. The minimum Gasteiger partial charge on any atom is -0.452 e. The summed E-state index contributed by atoms with van der Waals surface area (Å²) in [5, 5.41) is 8.04. The van der Waals surface area contributed by atoms with Crippen LogP contribution in [0.15, 0.2) is 42.6 Å². The Balaban J connectivity index is 1.46. The molecule has 1 aromatic carbocycles. The van der Waals surface area contributed by atoms with Gasteiger partial charge < -0.3 is 9.64 Å². The quantitative estimate of drug-likeness (QED) is 0.577. The molecule has 7 heteroatoms. The van der Waals surface area contributed by atoms with Gasteiger partial charge in [0.05, 0.1) is 12.7 Å². The molecule has 0 unspecified atom stereocenters. The smallest absolute Gasteiger partial charge is 0.331 e. The van der Waals surface area contributed by atoms with E-state index in [1.807, 2.05) is 37.3 Å². The molecule has 1 aromatic heterocycles. The highest BCUT2D eigenvalue weighted by Gasteiger charge is 2.23. The summed E-state index contributed by atoms with van der Waals surface area (Å²) in [4.78, 5) is 25.8. The van der Waals surface area contributed by atoms with Crippen LogP contribution in [0.4, 0.5) is 0 Å². The molecule has 1 saturated heterocycles. The molecular formula is C20H24N4O3. The molecule has 0 bridgehead atoms. The van der Waals surface area contributed by atoms with Crippen molar-refractivity contribution in [1.82, 2.24) is 19.9 Å². The van der Waals surface area contributed by atoms with Crippen LogP contribution >= 0.6 is 0 Å². The van der Waals surface area contributed by atoms with Crippen molar-refractivity contribution in [2.45, 2.75) is 38.8 Å². The number of aromatic nitrogens is 3. The molecule has 1 amide bonds. The van der Waals surface area contributed by atoms with Gasteiger partial charge in [-0.15, -0.1) is 5.10 Å². The van der Waals surface area contributed by atoms with Crippen molar-refractivity contribution < 1.29 is 14.3 Å². The van der Waals surface area contributed by atoms with Crippen molar-refractivity contribution in [3.8, 4) is 0 Å². The number of ether oxygens (including phenoxy) is 1. The van der Waals surface area contributed by atoms with Crippen LogP contribution in [0.25, 0.3) is 6.08 Å². The molecule has 0 spiro atoms. The molecule has 0 saturated carbocycles. The highest BCUT2D eigenvalue weighted by molar-refractivity contribution is 5.89. The maximum Gasteiger partial charge on any atom is 0.331 e. The lowest BCUT2D eigenvalue weighted by Gasteiger charge is -2.33. The molecule has 0 aliphatic carbocycles. The Labute approximate surface area is 158 Å². The normalized spacial score (nSPS) is 17.2. The van der Waals surface area contributed by atoms with Gasteiger partial charge in [0.25, 0.3) is 5.91 Å². The third-order valence-corrected chi connectivity index (χ3v) is 4.60. The second-order valence-corrected chi connectivity index (χ2v) is 6.70. The summed E-state index contributed by atoms with van der Waals surface area (Å²) < 4.78 is 6.75. The summed E-state index contributed by atoms with van der Waals surface area (Å²) in [5.41, 5.74) is 1.67. The largest absolute Gasteiger partial charge is 0.452 e. The van der Waals surface area contributed by atoms with Crippen LogP contribution < -0.4 is 0 Å². The standard InChI is InChI=1S/C20H24N4O3/c1-16-7-5-6-12-24(16)19(25)15-27-20(26)11-10-18-14-23(22-21-18)13-17-8-3-2-4-9-17/h2-4,8-11,14,16H,5-7,12-13,15H2,1H3/b11-10+/t16-/m1/s1. The Morgan fingerprint density at radius 1 is 1.26 bits per heavy atom. The summed E-state index contributed by atoms with van der Waals surface area (Å²) in [5.74, 6) is -0.705. The number of rotatable bonds is 6. The summed E-state index contributed by atoms with van der Waals surface area (Å²) in [6.07, 6.45) is 7.69. The van der Waals surface area contributed by atoms with E-state index in [4.69, 9.17) is 4.74 Å². The van der Waals surface area contributed by atoms with Gasteiger partial charge in [-0.3, -0.25) is 4.79 Å². The Morgan fingerprint density at radius 2 is 2.07 bits per heavy atom. The van der Waals surface area contributed by atoms with Gasteiger partial charge in [0.15, 0.2) is 6.61 Å². The van der Waals surface area contributed by atoms with Gasteiger partial charge in [0, 0.05) is 18.7 Å². The van der Waals surface area contributed by atoms with E-state index in [1.165, 1.54) is 12.2 Å². The van der Waals surface area contributed by atoms with Gasteiger partial charge in [0.1, 0.15) is 5.69 Å². The molecule has 2 aromatic rings. The fourth-order valence-corrected chi connectivity index (χ4v) is 3.12. The SMILES string of the molecule is C[C@@H]1CCCCN1C(=O)COC(=O)/C=C/c1cn(Cc2ccccc2)nn1. The predicted molar refractivity (Wildman–Crippen MR) is 101 cm³/mol. The molecular weight excluding hydrogens is 344 g/mol. The molecule has 1 aliphatic heterocycles. The molecule has 7 nitrogen and oxygen atoms in total. The number of piperidine rings is 1. The topological polar surface area (TPSA) is 77.3 Å². The van der Waals surface area contributed by atoms with E-state index in [1.54, 1.807) is 15.8 Å². The van der Waals surface area contributed by atoms with E-state index < -0.39 is 5.97 Å². The second-order valence-electron chi connectivity index (χ2n) is 6.70. The zero-order valence-corrected chi connectivity index (χ0v) is 15.5. The molecule has 1 aliphatic rings. The Hall–Kier alpha value is -2.96. The highest BCUT2D eigenvalue weighted by atomic mass is 16.5. The third kappa shape index (κ3) is 5.51. The van der Waals surface area contributed by atoms with E-state index in [0.717, 1.165) is 31.4 Å². The number of likely N-dealkylation sites (tertiary alicyclic amines) is 1. The molecule has 0 N–H and O–H groups in total. The van der Waals surface area contributed by atoms with Crippen LogP contribution in [0.5, 0.6) is 0 Å². The van der Waals surface area contributed by atoms with Crippen LogP contribution in [-0.2, 0) is 20.9 Å². The molecule has 142 valence electrons. The number of amides is 1. The van der Waals surface area contributed by atoms with Crippen molar-refractivity contribution in [2.24, 2.45) is 0 Å². The molecule has 1 fully saturated rings. The number of carbonyl (C=O) groups excluding carboxylic acids is 2. The van der Waals surface area contributed by atoms with E-state index in [2.05, 4.69) is 10.3 Å². The van der Waals surface area contributed by atoms with Gasteiger partial charge in [-0.25, -0.2) is 9.48 Å². The van der Waals surface area contributed by atoms with Crippen molar-refractivity contribution in [1.29, 1.82) is 0 Å². The van der Waals surface area contributed by atoms with Gasteiger partial charge in [0.2, 0.25) is 0 Å². The minimum atomic E-state index is -0.564. The maximum atomic E-state index is 12.2. The summed E-state index contributed by atoms with van der Waals surface area (Å²) >= 11 is 0. The predicted octanol–water partition coefficient (Wildman–Crippen LogP) is 2.28. The lowest BCUT2D eigenvalue weighted by molar-refractivity contribution is -0.149. The number of hydrogen-bond acceptors (Lipinski definition) is 5. The minimum absolute atomic E-state index is 0.141. The van der Waals surface area contributed by atoms with Crippen molar-refractivity contribution >= 4 is 18.0 Å². The fourth-order valence-electron chi connectivity index (χ4n) is 3.12. The Bertz CT molecular complexity index is 801. The van der Waals surface area contributed by atoms with Gasteiger partial charge >= 0.3 is 5.97 Å². The molecule has 1 atom stereocenters. The first-order valence-electron chi connectivity index (χ1n) is 9.20. The van der Waals surface area contributed by atoms with E-state index >= 15 is 0 Å². The number of benzene rings is 1. The van der Waals surface area contributed by atoms with Crippen LogP contribution in [0, 0.1) is 0 Å². The maximum absolute atomic E-state index is 12.2. The lowest BCUT2D eigenvalue weighted by Crippen LogP contribution is -2.44. The number of carbonyl (C=O) groups is 2. The summed E-state index contributed by atoms with van der Waals surface area (Å²) in [7, 11) is 0. The van der Waals surface area contributed by atoms with Crippen LogP contribution in [0.3, 0.4) is 0 Å². The highest BCUT2D eigenvalue weighted by Crippen LogP contribution is 2.16. The number of nitrogens with zero attached hydrogens (tertiary/aromatic N) is 4. The van der Waals surface area contributed by atoms with Crippen LogP contribution in [-0.4, -0.2) is 51.0 Å². The van der Waals surface area contributed by atoms with Crippen LogP contribution in [0.2, 0.25) is 0 Å². The molecule has 27 heavy (non-hydrogen) atoms. The lowest BCUT2D eigenvalue weighted by atomic mass is 10.0. The molecule has 0 radical (unpaired) electrons. The van der Waals surface area contributed by atoms with Gasteiger partial charge in [-0.1, -0.05) is 35.5 Å². The van der Waals surface area contributed by atoms with Crippen molar-refractivity contribution in [3.05, 3.63) is 53.9 Å².